The van der Waals surface area contributed by atoms with Crippen LogP contribution in [0.15, 0.2) is 47.3 Å². The number of halogens is 3. The summed E-state index contributed by atoms with van der Waals surface area (Å²) in [7, 11) is 3.63. The van der Waals surface area contributed by atoms with Crippen molar-refractivity contribution in [3.05, 3.63) is 52.8 Å². The predicted molar refractivity (Wildman–Crippen MR) is 151 cm³/mol. The van der Waals surface area contributed by atoms with E-state index in [0.717, 1.165) is 50.0 Å². The van der Waals surface area contributed by atoms with Gasteiger partial charge in [-0.05, 0) is 75.0 Å². The monoisotopic (exact) mass is 544 g/mol. The van der Waals surface area contributed by atoms with Crippen LogP contribution in [-0.2, 0) is 6.54 Å². The molecule has 1 aliphatic heterocycles. The highest BCUT2D eigenvalue weighted by molar-refractivity contribution is 5.84. The molecule has 1 aliphatic rings. The number of rotatable bonds is 11. The maximum absolute atomic E-state index is 14.1. The summed E-state index contributed by atoms with van der Waals surface area (Å²) in [5.41, 5.74) is 2.23. The van der Waals surface area contributed by atoms with Crippen LogP contribution < -0.4 is 15.2 Å². The minimum absolute atomic E-state index is 0.0918. The average molecular weight is 545 g/mol. The Balaban J connectivity index is 1.70. The molecule has 2 heterocycles. The van der Waals surface area contributed by atoms with Gasteiger partial charge in [0.05, 0.1) is 23.6 Å². The Hall–Kier alpha value is -3.07. The number of hydrogen-bond donors (Lipinski definition) is 0. The number of likely N-dealkylation sites (tertiary alicyclic amines) is 1. The molecule has 0 bridgehead atoms. The van der Waals surface area contributed by atoms with Gasteiger partial charge in [-0.25, -0.2) is 4.98 Å². The van der Waals surface area contributed by atoms with Crippen molar-refractivity contribution in [1.82, 2.24) is 14.5 Å². The van der Waals surface area contributed by atoms with Gasteiger partial charge in [0, 0.05) is 38.8 Å². The van der Waals surface area contributed by atoms with Gasteiger partial charge in [0.25, 0.3) is 5.56 Å². The van der Waals surface area contributed by atoms with Gasteiger partial charge in [-0.1, -0.05) is 25.5 Å². The Kier molecular flexibility index (Phi) is 9.53. The molecule has 39 heavy (non-hydrogen) atoms. The van der Waals surface area contributed by atoms with E-state index in [4.69, 9.17) is 9.72 Å². The number of methoxy groups -OCH3 is 1. The molecule has 1 atom stereocenters. The van der Waals surface area contributed by atoms with Gasteiger partial charge in [-0.3, -0.25) is 9.36 Å². The fourth-order valence-electron chi connectivity index (χ4n) is 5.44. The average Bonchev–Trinajstić information content (AvgIpc) is 2.92. The van der Waals surface area contributed by atoms with Gasteiger partial charge in [0.1, 0.15) is 11.6 Å². The van der Waals surface area contributed by atoms with Crippen LogP contribution in [0.2, 0.25) is 0 Å². The van der Waals surface area contributed by atoms with Crippen LogP contribution in [0.3, 0.4) is 0 Å². The molecule has 0 radical (unpaired) electrons. The molecule has 1 unspecified atom stereocenters. The lowest BCUT2D eigenvalue weighted by molar-refractivity contribution is -0.136. The number of anilines is 1. The Labute approximate surface area is 228 Å². The number of ether oxygens (including phenoxy) is 1. The van der Waals surface area contributed by atoms with Crippen LogP contribution in [0.4, 0.5) is 18.9 Å². The number of aromatic nitrogens is 2. The molecule has 212 valence electrons. The van der Waals surface area contributed by atoms with Crippen LogP contribution in [0.1, 0.15) is 45.4 Å². The summed E-state index contributed by atoms with van der Waals surface area (Å²) in [6, 6.07) is 13.4. The van der Waals surface area contributed by atoms with Gasteiger partial charge in [0.2, 0.25) is 0 Å². The van der Waals surface area contributed by atoms with Crippen molar-refractivity contribution in [3.8, 4) is 17.1 Å². The minimum atomic E-state index is -4.13. The van der Waals surface area contributed by atoms with Gasteiger partial charge in [-0.15, -0.1) is 0 Å². The van der Waals surface area contributed by atoms with Crippen LogP contribution >= 0.6 is 0 Å². The van der Waals surface area contributed by atoms with E-state index in [9.17, 15) is 18.0 Å². The van der Waals surface area contributed by atoms with E-state index in [1.165, 1.54) is 0 Å². The third-order valence-electron chi connectivity index (χ3n) is 7.55. The van der Waals surface area contributed by atoms with Gasteiger partial charge in [0.15, 0.2) is 0 Å². The fraction of sp³-hybridized carbons (Fsp3) is 0.533. The molecule has 0 amide bonds. The number of alkyl halides is 3. The van der Waals surface area contributed by atoms with Crippen molar-refractivity contribution >= 4 is 16.6 Å². The van der Waals surface area contributed by atoms with Crippen molar-refractivity contribution in [1.29, 1.82) is 0 Å². The lowest BCUT2D eigenvalue weighted by atomic mass is 9.97. The first-order valence-corrected chi connectivity index (χ1v) is 13.9. The zero-order chi connectivity index (χ0) is 28.0. The van der Waals surface area contributed by atoms with E-state index in [2.05, 4.69) is 16.7 Å². The van der Waals surface area contributed by atoms with E-state index >= 15 is 0 Å². The molecule has 0 aliphatic carbocycles. The zero-order valence-electron chi connectivity index (χ0n) is 23.1. The molecule has 1 fully saturated rings. The van der Waals surface area contributed by atoms with Crippen molar-refractivity contribution in [3.63, 3.8) is 0 Å². The maximum Gasteiger partial charge on any atom is 0.389 e. The minimum Gasteiger partial charge on any atom is -0.496 e. The van der Waals surface area contributed by atoms with Crippen molar-refractivity contribution in [2.75, 3.05) is 45.2 Å². The lowest BCUT2D eigenvalue weighted by Crippen LogP contribution is -2.39. The summed E-state index contributed by atoms with van der Waals surface area (Å²) in [5.74, 6) is 1.31. The van der Waals surface area contributed by atoms with Crippen molar-refractivity contribution in [2.24, 2.45) is 5.92 Å². The summed E-state index contributed by atoms with van der Waals surface area (Å²) in [6.07, 6.45) is -0.863. The summed E-state index contributed by atoms with van der Waals surface area (Å²) in [4.78, 5) is 23.3. The molecule has 2 aromatic carbocycles. The first-order valence-electron chi connectivity index (χ1n) is 13.9. The summed E-state index contributed by atoms with van der Waals surface area (Å²) in [5, 5.41) is 0.562. The molecular weight excluding hydrogens is 505 g/mol. The third kappa shape index (κ3) is 7.32. The quantitative estimate of drug-likeness (QED) is 0.281. The highest BCUT2D eigenvalue weighted by atomic mass is 19.4. The molecule has 0 N–H and O–H groups in total. The predicted octanol–water partition coefficient (Wildman–Crippen LogP) is 6.36. The highest BCUT2D eigenvalue weighted by Crippen LogP contribution is 2.31. The maximum atomic E-state index is 14.1. The molecule has 9 heteroatoms. The Morgan fingerprint density at radius 2 is 1.95 bits per heavy atom. The van der Waals surface area contributed by atoms with Crippen LogP contribution in [0.5, 0.6) is 5.75 Å². The first kappa shape index (κ1) is 28.9. The van der Waals surface area contributed by atoms with Gasteiger partial charge >= 0.3 is 6.18 Å². The SMILES string of the molecule is CCCCN(C)c1ccc2nc(-c3ccccc3OC)n(CC3CCCN(CCCC(F)(F)F)C3)c(=O)c2c1. The van der Waals surface area contributed by atoms with E-state index in [1.54, 1.807) is 11.7 Å². The lowest BCUT2D eigenvalue weighted by Gasteiger charge is -2.33. The van der Waals surface area contributed by atoms with Gasteiger partial charge in [-0.2, -0.15) is 13.2 Å². The van der Waals surface area contributed by atoms with Crippen LogP contribution in [0, 0.1) is 5.92 Å². The van der Waals surface area contributed by atoms with Crippen LogP contribution in [0.25, 0.3) is 22.3 Å². The topological polar surface area (TPSA) is 50.6 Å². The highest BCUT2D eigenvalue weighted by Gasteiger charge is 2.28. The number of piperidine rings is 1. The molecular formula is C30H39F3N4O2. The second-order valence-corrected chi connectivity index (χ2v) is 10.6. The largest absolute Gasteiger partial charge is 0.496 e. The van der Waals surface area contributed by atoms with Crippen molar-refractivity contribution in [2.45, 2.75) is 58.2 Å². The van der Waals surface area contributed by atoms with E-state index in [-0.39, 0.29) is 17.9 Å². The van der Waals surface area contributed by atoms with Gasteiger partial charge < -0.3 is 14.5 Å². The number of nitrogens with zero attached hydrogens (tertiary/aromatic N) is 4. The molecule has 4 rings (SSSR count). The number of hydrogen-bond acceptors (Lipinski definition) is 5. The number of para-hydroxylation sites is 1. The number of fused-ring (bicyclic) bond motifs is 1. The third-order valence-corrected chi connectivity index (χ3v) is 7.55. The molecule has 1 saturated heterocycles. The van der Waals surface area contributed by atoms with E-state index in [1.807, 2.05) is 49.5 Å². The first-order chi connectivity index (χ1) is 18.7. The molecule has 0 saturated carbocycles. The Morgan fingerprint density at radius 1 is 1.15 bits per heavy atom. The number of unbranched alkanes of at least 4 members (excludes halogenated alkanes) is 1. The smallest absolute Gasteiger partial charge is 0.389 e. The second kappa shape index (κ2) is 12.9. The molecule has 1 aromatic heterocycles. The summed E-state index contributed by atoms with van der Waals surface area (Å²) >= 11 is 0. The Morgan fingerprint density at radius 3 is 2.69 bits per heavy atom. The summed E-state index contributed by atoms with van der Waals surface area (Å²) < 4.78 is 45.4. The summed E-state index contributed by atoms with van der Waals surface area (Å²) in [6.45, 7) is 5.35. The molecule has 3 aromatic rings. The van der Waals surface area contributed by atoms with Crippen molar-refractivity contribution < 1.29 is 17.9 Å². The number of benzene rings is 2. The Bertz CT molecular complexity index is 1310. The standard InChI is InChI=1S/C30H39F3N4O2/c1-4-5-16-35(2)23-13-14-26-25(19-23)29(38)37(28(34-26)24-11-6-7-12-27(24)39-3)21-22-10-8-17-36(20-22)18-9-15-30(31,32)33/h6-7,11-14,19,22H,4-5,8-10,15-18,20-21H2,1-3H3. The molecule has 0 spiro atoms. The van der Waals surface area contributed by atoms with E-state index < -0.39 is 12.6 Å². The van der Waals surface area contributed by atoms with Crippen LogP contribution in [-0.4, -0.2) is 61.0 Å². The normalized spacial score (nSPS) is 16.5. The second-order valence-electron chi connectivity index (χ2n) is 10.6. The van der Waals surface area contributed by atoms with E-state index in [0.29, 0.717) is 42.1 Å². The fourth-order valence-corrected chi connectivity index (χ4v) is 5.44. The molecule has 6 nitrogen and oxygen atoms in total. The zero-order valence-corrected chi connectivity index (χ0v) is 23.1.